The molecule has 1 N–H and O–H groups in total. The Labute approximate surface area is 97.0 Å². The number of aromatic nitrogens is 1. The molecule has 0 saturated carbocycles. The van der Waals surface area contributed by atoms with Gasteiger partial charge in [-0.2, -0.15) is 0 Å². The van der Waals surface area contributed by atoms with Crippen LogP contribution in [0.4, 0.5) is 0 Å². The van der Waals surface area contributed by atoms with Crippen LogP contribution >= 0.6 is 0 Å². The fraction of sp³-hybridized carbons (Fsp3) is 0.545. The van der Waals surface area contributed by atoms with Gasteiger partial charge in [0.2, 0.25) is 0 Å². The molecule has 1 atom stereocenters. The molecule has 0 spiro atoms. The largest absolute Gasteiger partial charge is 0.310 e. The first-order valence-electron chi connectivity index (χ1n) is 5.30. The maximum atomic E-state index is 10.9. The number of rotatable bonds is 6. The van der Waals surface area contributed by atoms with Gasteiger partial charge in [-0.1, -0.05) is 0 Å². The number of nitrogens with one attached hydrogen (secondary N) is 1. The molecule has 0 aromatic carbocycles. The monoisotopic (exact) mass is 242 g/mol. The van der Waals surface area contributed by atoms with Gasteiger partial charge in [-0.25, -0.2) is 8.42 Å². The van der Waals surface area contributed by atoms with Crippen molar-refractivity contribution in [1.29, 1.82) is 0 Å². The second kappa shape index (κ2) is 5.96. The Bertz CT molecular complexity index is 403. The first-order valence-corrected chi connectivity index (χ1v) is 7.36. The van der Waals surface area contributed by atoms with E-state index in [1.807, 2.05) is 12.1 Å². The maximum absolute atomic E-state index is 10.9. The summed E-state index contributed by atoms with van der Waals surface area (Å²) in [7, 11) is -2.84. The van der Waals surface area contributed by atoms with Crippen molar-refractivity contribution in [2.75, 3.05) is 18.6 Å². The summed E-state index contributed by atoms with van der Waals surface area (Å²) >= 11 is 0. The second-order valence-corrected chi connectivity index (χ2v) is 6.20. The standard InChI is InChI=1S/C11H18N2O2S/c1-10(11-4-7-12-8-5-11)13-6-3-9-16(2,14)15/h4-5,7-8,10,13H,3,6,9H2,1-2H3/t10-/m0/s1. The van der Waals surface area contributed by atoms with Crippen molar-refractivity contribution in [3.8, 4) is 0 Å². The molecular weight excluding hydrogens is 224 g/mol. The van der Waals surface area contributed by atoms with Gasteiger partial charge in [0.15, 0.2) is 0 Å². The molecule has 0 amide bonds. The summed E-state index contributed by atoms with van der Waals surface area (Å²) in [6, 6.07) is 4.13. The lowest BCUT2D eigenvalue weighted by Gasteiger charge is -2.13. The van der Waals surface area contributed by atoms with Crippen molar-refractivity contribution in [3.05, 3.63) is 30.1 Å². The van der Waals surface area contributed by atoms with E-state index in [4.69, 9.17) is 0 Å². The summed E-state index contributed by atoms with van der Waals surface area (Å²) in [4.78, 5) is 3.95. The smallest absolute Gasteiger partial charge is 0.147 e. The molecule has 0 aliphatic carbocycles. The van der Waals surface area contributed by atoms with Gasteiger partial charge in [0.25, 0.3) is 0 Å². The highest BCUT2D eigenvalue weighted by Crippen LogP contribution is 2.09. The van der Waals surface area contributed by atoms with Gasteiger partial charge >= 0.3 is 0 Å². The topological polar surface area (TPSA) is 59.1 Å². The van der Waals surface area contributed by atoms with Crippen LogP contribution in [0.3, 0.4) is 0 Å². The van der Waals surface area contributed by atoms with Crippen molar-refractivity contribution in [2.45, 2.75) is 19.4 Å². The maximum Gasteiger partial charge on any atom is 0.147 e. The highest BCUT2D eigenvalue weighted by molar-refractivity contribution is 7.90. The summed E-state index contributed by atoms with van der Waals surface area (Å²) in [5.74, 6) is 0.239. The second-order valence-electron chi connectivity index (χ2n) is 3.94. The third-order valence-corrected chi connectivity index (χ3v) is 3.38. The van der Waals surface area contributed by atoms with Gasteiger partial charge in [-0.15, -0.1) is 0 Å². The van der Waals surface area contributed by atoms with Crippen molar-refractivity contribution < 1.29 is 8.42 Å². The van der Waals surface area contributed by atoms with Crippen molar-refractivity contribution in [2.24, 2.45) is 0 Å². The highest BCUT2D eigenvalue weighted by Gasteiger charge is 2.05. The molecule has 0 saturated heterocycles. The van der Waals surface area contributed by atoms with Crippen LogP contribution in [0.15, 0.2) is 24.5 Å². The minimum atomic E-state index is -2.84. The third kappa shape index (κ3) is 5.23. The number of sulfone groups is 1. The Kier molecular flexibility index (Phi) is 4.89. The number of hydrogen-bond donors (Lipinski definition) is 1. The van der Waals surface area contributed by atoms with Crippen LogP contribution < -0.4 is 5.32 Å². The molecule has 1 aromatic rings. The molecule has 16 heavy (non-hydrogen) atoms. The van der Waals surface area contributed by atoms with Crippen LogP contribution in [-0.4, -0.2) is 32.0 Å². The molecule has 5 heteroatoms. The molecule has 1 heterocycles. The highest BCUT2D eigenvalue weighted by atomic mass is 32.2. The van der Waals surface area contributed by atoms with Crippen LogP contribution in [0.5, 0.6) is 0 Å². The van der Waals surface area contributed by atoms with E-state index in [1.165, 1.54) is 6.26 Å². The van der Waals surface area contributed by atoms with Gasteiger partial charge < -0.3 is 5.32 Å². The quantitative estimate of drug-likeness (QED) is 0.761. The van der Waals surface area contributed by atoms with Crippen LogP contribution in [-0.2, 0) is 9.84 Å². The van der Waals surface area contributed by atoms with E-state index in [0.29, 0.717) is 13.0 Å². The Morgan fingerprint density at radius 2 is 2.00 bits per heavy atom. The lowest BCUT2D eigenvalue weighted by molar-refractivity contribution is 0.561. The van der Waals surface area contributed by atoms with Crippen molar-refractivity contribution in [3.63, 3.8) is 0 Å². The van der Waals surface area contributed by atoms with Gasteiger partial charge in [0.05, 0.1) is 5.75 Å². The molecule has 0 bridgehead atoms. The molecule has 0 aliphatic rings. The lowest BCUT2D eigenvalue weighted by atomic mass is 10.1. The van der Waals surface area contributed by atoms with E-state index in [9.17, 15) is 8.42 Å². The minimum absolute atomic E-state index is 0.225. The lowest BCUT2D eigenvalue weighted by Crippen LogP contribution is -2.21. The molecule has 0 unspecified atom stereocenters. The van der Waals surface area contributed by atoms with E-state index in [0.717, 1.165) is 5.56 Å². The predicted octanol–water partition coefficient (Wildman–Crippen LogP) is 1.17. The first kappa shape index (κ1) is 13.1. The van der Waals surface area contributed by atoms with Gasteiger partial charge in [0.1, 0.15) is 9.84 Å². The zero-order valence-electron chi connectivity index (χ0n) is 9.68. The molecule has 0 fully saturated rings. The average molecular weight is 242 g/mol. The minimum Gasteiger partial charge on any atom is -0.310 e. The normalized spacial score (nSPS) is 13.6. The number of pyridine rings is 1. The molecule has 4 nitrogen and oxygen atoms in total. The summed E-state index contributed by atoms with van der Waals surface area (Å²) < 4.78 is 21.8. The van der Waals surface area contributed by atoms with E-state index in [2.05, 4.69) is 17.2 Å². The Morgan fingerprint density at radius 3 is 2.56 bits per heavy atom. The zero-order chi connectivity index (χ0) is 12.0. The average Bonchev–Trinajstić information content (AvgIpc) is 2.24. The van der Waals surface area contributed by atoms with E-state index >= 15 is 0 Å². The van der Waals surface area contributed by atoms with E-state index < -0.39 is 9.84 Å². The Hall–Kier alpha value is -0.940. The summed E-state index contributed by atoms with van der Waals surface area (Å²) in [6.45, 7) is 2.76. The van der Waals surface area contributed by atoms with Gasteiger partial charge in [0, 0.05) is 24.7 Å². The van der Waals surface area contributed by atoms with Crippen molar-refractivity contribution in [1.82, 2.24) is 10.3 Å². The third-order valence-electron chi connectivity index (χ3n) is 2.35. The Balaban J connectivity index is 2.29. The summed E-state index contributed by atoms with van der Waals surface area (Å²) in [5, 5.41) is 3.28. The van der Waals surface area contributed by atoms with Gasteiger partial charge in [-0.3, -0.25) is 4.98 Å². The predicted molar refractivity (Wildman–Crippen MR) is 65.0 cm³/mol. The molecule has 90 valence electrons. The summed E-state index contributed by atoms with van der Waals surface area (Å²) in [5.41, 5.74) is 1.16. The first-order chi connectivity index (χ1) is 7.49. The number of nitrogens with zero attached hydrogens (tertiary/aromatic N) is 1. The number of hydrogen-bond acceptors (Lipinski definition) is 4. The molecule has 1 rings (SSSR count). The molecular formula is C11H18N2O2S. The Morgan fingerprint density at radius 1 is 1.38 bits per heavy atom. The fourth-order valence-electron chi connectivity index (χ4n) is 1.42. The van der Waals surface area contributed by atoms with Gasteiger partial charge in [-0.05, 0) is 37.6 Å². The van der Waals surface area contributed by atoms with Crippen LogP contribution in [0.1, 0.15) is 24.9 Å². The molecule has 1 aromatic heterocycles. The molecule has 0 radical (unpaired) electrons. The SMILES string of the molecule is C[C@H](NCCCS(C)(=O)=O)c1ccncc1. The van der Waals surface area contributed by atoms with Crippen LogP contribution in [0, 0.1) is 0 Å². The van der Waals surface area contributed by atoms with Crippen LogP contribution in [0.2, 0.25) is 0 Å². The molecule has 0 aliphatic heterocycles. The fourth-order valence-corrected chi connectivity index (χ4v) is 2.09. The van der Waals surface area contributed by atoms with E-state index in [1.54, 1.807) is 12.4 Å². The zero-order valence-corrected chi connectivity index (χ0v) is 10.5. The van der Waals surface area contributed by atoms with Crippen LogP contribution in [0.25, 0.3) is 0 Å². The van der Waals surface area contributed by atoms with Crippen molar-refractivity contribution >= 4 is 9.84 Å². The summed E-state index contributed by atoms with van der Waals surface area (Å²) in [6.07, 6.45) is 5.42. The van der Waals surface area contributed by atoms with E-state index in [-0.39, 0.29) is 11.8 Å².